The van der Waals surface area contributed by atoms with E-state index in [1.54, 1.807) is 0 Å². The summed E-state index contributed by atoms with van der Waals surface area (Å²) in [4.78, 5) is 0. The van der Waals surface area contributed by atoms with Crippen LogP contribution in [0.2, 0.25) is 0 Å². The zero-order chi connectivity index (χ0) is 39.1. The number of hydrogen-bond acceptors (Lipinski definition) is 12. The molecule has 19 atom stereocenters. The monoisotopic (exact) mass is 754 g/mol. The smallest absolute Gasteiger partial charge is 0.187 e. The maximum absolute atomic E-state index is 12.4. The van der Waals surface area contributed by atoms with Crippen molar-refractivity contribution in [2.45, 2.75) is 186 Å². The third-order valence-corrected chi connectivity index (χ3v) is 16.3. The van der Waals surface area contributed by atoms with Crippen molar-refractivity contribution >= 4 is 0 Å². The molecular weight excluding hydrogens is 684 g/mol. The Morgan fingerprint density at radius 2 is 1.42 bits per heavy atom. The largest absolute Gasteiger partial charge is 0.393 e. The molecule has 8 N–H and O–H groups in total. The second kappa shape index (κ2) is 14.9. The summed E-state index contributed by atoms with van der Waals surface area (Å²) < 4.78 is 24.1. The predicted octanol–water partition coefficient (Wildman–Crippen LogP) is 2.79. The van der Waals surface area contributed by atoms with Crippen LogP contribution in [-0.4, -0.2) is 127 Å². The number of aliphatic hydroxyl groups excluding tert-OH is 8. The molecule has 0 unspecified atom stereocenters. The molecule has 0 aromatic carbocycles. The number of ether oxygens (including phenoxy) is 4. The lowest BCUT2D eigenvalue weighted by Gasteiger charge is -2.70. The average Bonchev–Trinajstić information content (AvgIpc) is 3.47. The summed E-state index contributed by atoms with van der Waals surface area (Å²) in [5.74, 6) is 0.469. The molecule has 0 bridgehead atoms. The Kier molecular flexibility index (Phi) is 11.8. The van der Waals surface area contributed by atoms with Gasteiger partial charge in [0.15, 0.2) is 12.6 Å². The van der Waals surface area contributed by atoms with E-state index in [0.717, 1.165) is 44.1 Å². The molecule has 4 saturated carbocycles. The van der Waals surface area contributed by atoms with Crippen LogP contribution in [0, 0.1) is 45.3 Å². The molecule has 0 aromatic rings. The van der Waals surface area contributed by atoms with E-state index in [0.29, 0.717) is 31.1 Å². The molecular formula is C41H70O12. The molecule has 53 heavy (non-hydrogen) atoms. The van der Waals surface area contributed by atoms with Crippen molar-refractivity contribution in [3.8, 4) is 0 Å². The summed E-state index contributed by atoms with van der Waals surface area (Å²) in [6.07, 6.45) is -4.18. The quantitative estimate of drug-likeness (QED) is 0.161. The Labute approximate surface area is 315 Å². The van der Waals surface area contributed by atoms with Crippen molar-refractivity contribution in [2.24, 2.45) is 45.3 Å². The van der Waals surface area contributed by atoms with Gasteiger partial charge in [0.25, 0.3) is 0 Å². The van der Waals surface area contributed by atoms with Gasteiger partial charge in [0.2, 0.25) is 0 Å². The van der Waals surface area contributed by atoms with Crippen molar-refractivity contribution in [3.63, 3.8) is 0 Å². The highest BCUT2D eigenvalue weighted by Gasteiger charge is 2.71. The third-order valence-electron chi connectivity index (χ3n) is 16.3. The van der Waals surface area contributed by atoms with E-state index in [1.807, 2.05) is 20.8 Å². The summed E-state index contributed by atoms with van der Waals surface area (Å²) >= 11 is 0. The van der Waals surface area contributed by atoms with Crippen LogP contribution in [0.5, 0.6) is 0 Å². The molecule has 0 radical (unpaired) electrons. The summed E-state index contributed by atoms with van der Waals surface area (Å²) in [6.45, 7) is 17.2. The number of aliphatic hydroxyl groups is 8. The van der Waals surface area contributed by atoms with Gasteiger partial charge in [-0.3, -0.25) is 0 Å². The van der Waals surface area contributed by atoms with E-state index < -0.39 is 67.0 Å². The van der Waals surface area contributed by atoms with Crippen LogP contribution in [0.4, 0.5) is 0 Å². The van der Waals surface area contributed by atoms with Gasteiger partial charge in [0, 0.05) is 0 Å². The molecule has 12 heteroatoms. The van der Waals surface area contributed by atoms with Gasteiger partial charge < -0.3 is 59.8 Å². The van der Waals surface area contributed by atoms with Crippen LogP contribution < -0.4 is 0 Å². The zero-order valence-electron chi connectivity index (χ0n) is 33.2. The first-order chi connectivity index (χ1) is 24.6. The molecule has 2 aliphatic heterocycles. The number of allylic oxidation sites excluding steroid dienone is 2. The van der Waals surface area contributed by atoms with Crippen molar-refractivity contribution in [1.82, 2.24) is 0 Å². The Morgan fingerprint density at radius 3 is 2.09 bits per heavy atom. The minimum absolute atomic E-state index is 0.00324. The topological polar surface area (TPSA) is 199 Å². The van der Waals surface area contributed by atoms with Crippen LogP contribution in [0.1, 0.15) is 113 Å². The highest BCUT2D eigenvalue weighted by Crippen LogP contribution is 2.76. The average molecular weight is 755 g/mol. The highest BCUT2D eigenvalue weighted by atomic mass is 16.7. The van der Waals surface area contributed by atoms with E-state index >= 15 is 0 Å². The Bertz CT molecular complexity index is 1320. The molecule has 4 aliphatic carbocycles. The second-order valence-corrected chi connectivity index (χ2v) is 19.7. The summed E-state index contributed by atoms with van der Waals surface area (Å²) in [5.41, 5.74) is -0.185. The van der Waals surface area contributed by atoms with Gasteiger partial charge in [-0.25, -0.2) is 0 Å². The SMILES string of the molecule is CC(C)=CCC[C@](C)(O[C@@H]1O[C@H](CO[C@H]2OC[C@@H](O)[C@@H](O)[C@@H]2O)[C@@H](O)[C@H](O)[C@H]1O)[C@H]1CC[C@]2(C)[C@@H]1[C@H](O)C[C@@H]1[C@@]3(C)CC[C@H](O)C(C)(C)[C@@H]3CC[C@]12C. The van der Waals surface area contributed by atoms with Crippen LogP contribution in [0.3, 0.4) is 0 Å². The summed E-state index contributed by atoms with van der Waals surface area (Å²) in [6, 6.07) is 0. The van der Waals surface area contributed by atoms with Crippen LogP contribution in [0.15, 0.2) is 11.6 Å². The van der Waals surface area contributed by atoms with Crippen molar-refractivity contribution in [2.75, 3.05) is 13.2 Å². The van der Waals surface area contributed by atoms with E-state index in [4.69, 9.17) is 18.9 Å². The zero-order valence-corrected chi connectivity index (χ0v) is 33.2. The van der Waals surface area contributed by atoms with E-state index in [9.17, 15) is 40.9 Å². The first-order valence-electron chi connectivity index (χ1n) is 20.3. The van der Waals surface area contributed by atoms with Gasteiger partial charge in [-0.2, -0.15) is 0 Å². The highest BCUT2D eigenvalue weighted by molar-refractivity contribution is 5.20. The molecule has 306 valence electrons. The lowest BCUT2D eigenvalue weighted by atomic mass is 9.35. The van der Waals surface area contributed by atoms with Gasteiger partial charge in [-0.15, -0.1) is 0 Å². The summed E-state index contributed by atoms with van der Waals surface area (Å²) in [7, 11) is 0. The number of rotatable bonds is 9. The normalized spacial score (nSPS) is 52.1. The fraction of sp³-hybridized carbons (Fsp3) is 0.951. The first kappa shape index (κ1) is 41.9. The van der Waals surface area contributed by atoms with Gasteiger partial charge in [0.05, 0.1) is 31.0 Å². The molecule has 2 heterocycles. The Balaban J connectivity index is 1.26. The first-order valence-corrected chi connectivity index (χ1v) is 20.3. The van der Waals surface area contributed by atoms with Crippen molar-refractivity contribution < 1.29 is 59.8 Å². The predicted molar refractivity (Wildman–Crippen MR) is 195 cm³/mol. The van der Waals surface area contributed by atoms with Crippen molar-refractivity contribution in [1.29, 1.82) is 0 Å². The molecule has 12 nitrogen and oxygen atoms in total. The third kappa shape index (κ3) is 6.90. The standard InChI is InChI=1S/C41H70O12/c1-21(2)10-9-14-41(8,53-36-34(49)32(47)31(46)25(52-36)20-51-35-33(48)30(45)24(43)19-50-35)22-11-16-40(7)29(22)23(42)18-27-38(5)15-13-28(44)37(3,4)26(38)12-17-39(27,40)6/h10,22-36,42-49H,9,11-20H2,1-8H3/t22-,23+,24+,25+,26-,27+,28-,29-,30+,31+,32-,33-,34+,35+,36-,38-,39+,40+,41-/m0/s1. The van der Waals surface area contributed by atoms with Crippen LogP contribution >= 0.6 is 0 Å². The van der Waals surface area contributed by atoms with E-state index in [2.05, 4.69) is 40.7 Å². The van der Waals surface area contributed by atoms with Crippen LogP contribution in [-0.2, 0) is 18.9 Å². The molecule has 0 spiro atoms. The van der Waals surface area contributed by atoms with Crippen LogP contribution in [0.25, 0.3) is 0 Å². The lowest BCUT2D eigenvalue weighted by molar-refractivity contribution is -0.345. The second-order valence-electron chi connectivity index (χ2n) is 19.7. The Morgan fingerprint density at radius 1 is 0.755 bits per heavy atom. The van der Waals surface area contributed by atoms with E-state index in [-0.39, 0.29) is 52.8 Å². The van der Waals surface area contributed by atoms with Crippen molar-refractivity contribution in [3.05, 3.63) is 11.6 Å². The lowest BCUT2D eigenvalue weighted by Crippen LogP contribution is -2.67. The number of hydrogen-bond donors (Lipinski definition) is 8. The molecule has 2 saturated heterocycles. The molecule has 6 aliphatic rings. The van der Waals surface area contributed by atoms with Gasteiger partial charge in [-0.05, 0) is 124 Å². The maximum atomic E-state index is 12.4. The molecule has 0 aromatic heterocycles. The Hall–Kier alpha value is -0.740. The number of fused-ring (bicyclic) bond motifs is 5. The van der Waals surface area contributed by atoms with E-state index in [1.165, 1.54) is 0 Å². The fourth-order valence-electron chi connectivity index (χ4n) is 12.9. The van der Waals surface area contributed by atoms with Gasteiger partial charge >= 0.3 is 0 Å². The molecule has 6 fully saturated rings. The maximum Gasteiger partial charge on any atom is 0.187 e. The fourth-order valence-corrected chi connectivity index (χ4v) is 12.9. The summed E-state index contributed by atoms with van der Waals surface area (Å²) in [5, 5.41) is 87.0. The molecule has 6 rings (SSSR count). The van der Waals surface area contributed by atoms with Gasteiger partial charge in [0.1, 0.15) is 42.7 Å². The molecule has 0 amide bonds. The minimum atomic E-state index is -1.63. The minimum Gasteiger partial charge on any atom is -0.393 e. The van der Waals surface area contributed by atoms with Gasteiger partial charge in [-0.1, -0.05) is 46.3 Å².